The summed E-state index contributed by atoms with van der Waals surface area (Å²) in [6.07, 6.45) is 2.00. The van der Waals surface area contributed by atoms with E-state index < -0.39 is 8.32 Å². The predicted molar refractivity (Wildman–Crippen MR) is 85.0 cm³/mol. The fourth-order valence-electron chi connectivity index (χ4n) is 2.00. The molecule has 1 aromatic heterocycles. The van der Waals surface area contributed by atoms with Gasteiger partial charge in [-0.2, -0.15) is 0 Å². The van der Waals surface area contributed by atoms with Crippen molar-refractivity contribution >= 4 is 19.2 Å². The van der Waals surface area contributed by atoms with Crippen molar-refractivity contribution in [3.8, 4) is 0 Å². The summed E-state index contributed by atoms with van der Waals surface area (Å²) in [4.78, 5) is 3.28. The van der Waals surface area contributed by atoms with E-state index in [1.807, 2.05) is 6.20 Å². The summed E-state index contributed by atoms with van der Waals surface area (Å²) in [5.74, 6) is 0. The molecule has 0 saturated carbocycles. The van der Waals surface area contributed by atoms with E-state index in [4.69, 9.17) is 4.43 Å². The molecule has 3 heteroatoms. The largest absolute Gasteiger partial charge is 0.413 e. The molecular weight excluding hydrogens is 250 g/mol. The van der Waals surface area contributed by atoms with Gasteiger partial charge in [-0.05, 0) is 53.7 Å². The summed E-state index contributed by atoms with van der Waals surface area (Å²) in [6, 6.07) is 6.58. The molecule has 0 amide bonds. The molecule has 0 fully saturated rings. The van der Waals surface area contributed by atoms with Gasteiger partial charge in [0.05, 0.1) is 6.61 Å². The highest BCUT2D eigenvalue weighted by Gasteiger charge is 2.37. The monoisotopic (exact) mass is 275 g/mol. The van der Waals surface area contributed by atoms with Gasteiger partial charge >= 0.3 is 0 Å². The second-order valence-electron chi connectivity index (χ2n) is 6.90. The van der Waals surface area contributed by atoms with Crippen LogP contribution in [0.25, 0.3) is 10.9 Å². The fourth-order valence-corrected chi connectivity index (χ4v) is 2.96. The van der Waals surface area contributed by atoms with Crippen LogP contribution in [0.5, 0.6) is 0 Å². The van der Waals surface area contributed by atoms with Crippen molar-refractivity contribution in [1.29, 1.82) is 0 Å². The lowest BCUT2D eigenvalue weighted by atomic mass is 10.1. The molecule has 0 aliphatic rings. The van der Waals surface area contributed by atoms with Crippen molar-refractivity contribution in [3.63, 3.8) is 0 Å². The van der Waals surface area contributed by atoms with Crippen LogP contribution >= 0.6 is 0 Å². The van der Waals surface area contributed by atoms with Gasteiger partial charge in [-0.15, -0.1) is 0 Å². The Kier molecular flexibility index (Phi) is 3.62. The fraction of sp³-hybridized carbons (Fsp3) is 0.500. The number of H-pyrrole nitrogens is 1. The zero-order chi connectivity index (χ0) is 14.3. The van der Waals surface area contributed by atoms with Crippen molar-refractivity contribution in [2.45, 2.75) is 52.4 Å². The Morgan fingerprint density at radius 3 is 2.53 bits per heavy atom. The van der Waals surface area contributed by atoms with Crippen LogP contribution in [-0.4, -0.2) is 13.3 Å². The van der Waals surface area contributed by atoms with E-state index in [0.29, 0.717) is 0 Å². The molecule has 1 aromatic carbocycles. The number of hydrogen-bond acceptors (Lipinski definition) is 1. The van der Waals surface area contributed by atoms with Crippen LogP contribution in [0.15, 0.2) is 24.4 Å². The molecular formula is C16H25NOSi. The van der Waals surface area contributed by atoms with Gasteiger partial charge in [0.1, 0.15) is 0 Å². The average Bonchev–Trinajstić information content (AvgIpc) is 2.73. The SMILES string of the molecule is Cc1cc(CO[Si](C)(C)C(C)(C)C)cc2cc[nH]c12. The zero-order valence-corrected chi connectivity index (χ0v) is 13.9. The van der Waals surface area contributed by atoms with Crippen molar-refractivity contribution < 1.29 is 4.43 Å². The Morgan fingerprint density at radius 2 is 1.89 bits per heavy atom. The van der Waals surface area contributed by atoms with Crippen LogP contribution < -0.4 is 0 Å². The van der Waals surface area contributed by atoms with Gasteiger partial charge in [-0.25, -0.2) is 0 Å². The van der Waals surface area contributed by atoms with Gasteiger partial charge in [-0.1, -0.05) is 26.8 Å². The van der Waals surface area contributed by atoms with Crippen LogP contribution in [-0.2, 0) is 11.0 Å². The maximum atomic E-state index is 6.29. The first kappa shape index (κ1) is 14.3. The smallest absolute Gasteiger partial charge is 0.192 e. The molecule has 2 rings (SSSR count). The van der Waals surface area contributed by atoms with E-state index in [1.165, 1.54) is 22.0 Å². The molecule has 0 aliphatic carbocycles. The molecule has 0 radical (unpaired) electrons. The Morgan fingerprint density at radius 1 is 1.21 bits per heavy atom. The molecule has 0 atom stereocenters. The van der Waals surface area contributed by atoms with Crippen molar-refractivity contribution in [2.75, 3.05) is 0 Å². The number of aromatic amines is 1. The van der Waals surface area contributed by atoms with Gasteiger partial charge < -0.3 is 9.41 Å². The van der Waals surface area contributed by atoms with E-state index >= 15 is 0 Å². The first-order valence-electron chi connectivity index (χ1n) is 6.91. The molecule has 2 nitrogen and oxygen atoms in total. The molecule has 0 unspecified atom stereocenters. The van der Waals surface area contributed by atoms with Gasteiger partial charge in [-0.3, -0.25) is 0 Å². The van der Waals surface area contributed by atoms with Crippen molar-refractivity contribution in [1.82, 2.24) is 4.98 Å². The molecule has 1 N–H and O–H groups in total. The number of fused-ring (bicyclic) bond motifs is 1. The van der Waals surface area contributed by atoms with E-state index in [0.717, 1.165) is 6.61 Å². The minimum absolute atomic E-state index is 0.264. The number of benzene rings is 1. The third-order valence-electron chi connectivity index (χ3n) is 4.32. The summed E-state index contributed by atoms with van der Waals surface area (Å²) in [7, 11) is -1.66. The maximum Gasteiger partial charge on any atom is 0.192 e. The minimum atomic E-state index is -1.66. The summed E-state index contributed by atoms with van der Waals surface area (Å²) in [5.41, 5.74) is 3.79. The summed E-state index contributed by atoms with van der Waals surface area (Å²) in [6.45, 7) is 14.3. The lowest BCUT2D eigenvalue weighted by Crippen LogP contribution is -2.40. The molecule has 0 spiro atoms. The number of rotatable bonds is 3. The summed E-state index contributed by atoms with van der Waals surface area (Å²) in [5, 5.41) is 1.54. The third-order valence-corrected chi connectivity index (χ3v) is 8.80. The van der Waals surface area contributed by atoms with Crippen LogP contribution in [0, 0.1) is 6.92 Å². The molecule has 19 heavy (non-hydrogen) atoms. The molecule has 104 valence electrons. The normalized spacial score (nSPS) is 13.2. The lowest BCUT2D eigenvalue weighted by Gasteiger charge is -2.36. The van der Waals surface area contributed by atoms with E-state index in [1.54, 1.807) is 0 Å². The average molecular weight is 275 g/mol. The maximum absolute atomic E-state index is 6.29. The van der Waals surface area contributed by atoms with Crippen LogP contribution in [0.3, 0.4) is 0 Å². The van der Waals surface area contributed by atoms with Crippen molar-refractivity contribution in [3.05, 3.63) is 35.5 Å². The number of aryl methyl sites for hydroxylation is 1. The third kappa shape index (κ3) is 2.93. The number of nitrogens with one attached hydrogen (secondary N) is 1. The van der Waals surface area contributed by atoms with Crippen LogP contribution in [0.1, 0.15) is 31.9 Å². The summed E-state index contributed by atoms with van der Waals surface area (Å²) >= 11 is 0. The van der Waals surface area contributed by atoms with Crippen LogP contribution in [0.4, 0.5) is 0 Å². The topological polar surface area (TPSA) is 25.0 Å². The molecule has 0 saturated heterocycles. The second-order valence-corrected chi connectivity index (χ2v) is 11.7. The van der Waals surface area contributed by atoms with Crippen molar-refractivity contribution in [2.24, 2.45) is 0 Å². The number of hydrogen-bond donors (Lipinski definition) is 1. The lowest BCUT2D eigenvalue weighted by molar-refractivity contribution is 0.276. The minimum Gasteiger partial charge on any atom is -0.413 e. The highest BCUT2D eigenvalue weighted by molar-refractivity contribution is 6.74. The Labute approximate surface area is 117 Å². The second kappa shape index (κ2) is 4.80. The number of aromatic nitrogens is 1. The van der Waals surface area contributed by atoms with E-state index in [-0.39, 0.29) is 5.04 Å². The van der Waals surface area contributed by atoms with Gasteiger partial charge in [0.25, 0.3) is 0 Å². The Balaban J connectivity index is 2.18. The van der Waals surface area contributed by atoms with E-state index in [9.17, 15) is 0 Å². The molecule has 1 heterocycles. The standard InChI is InChI=1S/C16H25NOSi/c1-12-9-13(10-14-7-8-17-15(12)14)11-18-19(5,6)16(2,3)4/h7-10,17H,11H2,1-6H3. The van der Waals surface area contributed by atoms with Gasteiger partial charge in [0.15, 0.2) is 8.32 Å². The molecule has 0 aliphatic heterocycles. The predicted octanol–water partition coefficient (Wildman–Crippen LogP) is 5.00. The van der Waals surface area contributed by atoms with Gasteiger partial charge in [0.2, 0.25) is 0 Å². The summed E-state index contributed by atoms with van der Waals surface area (Å²) < 4.78 is 6.29. The quantitative estimate of drug-likeness (QED) is 0.784. The zero-order valence-electron chi connectivity index (χ0n) is 12.9. The first-order valence-corrected chi connectivity index (χ1v) is 9.82. The first-order chi connectivity index (χ1) is 8.71. The molecule has 0 bridgehead atoms. The van der Waals surface area contributed by atoms with Crippen LogP contribution in [0.2, 0.25) is 18.1 Å². The van der Waals surface area contributed by atoms with E-state index in [2.05, 4.69) is 64.0 Å². The Bertz CT molecular complexity index is 578. The molecule has 2 aromatic rings. The highest BCUT2D eigenvalue weighted by atomic mass is 28.4. The highest BCUT2D eigenvalue weighted by Crippen LogP contribution is 2.37. The van der Waals surface area contributed by atoms with Gasteiger partial charge in [0, 0.05) is 11.7 Å². The Hall–Kier alpha value is -1.06.